The molecule has 5 nitrogen and oxygen atoms in total. The Morgan fingerprint density at radius 1 is 0.727 bits per heavy atom. The molecule has 0 spiro atoms. The highest BCUT2D eigenvalue weighted by Gasteiger charge is 2.22. The van der Waals surface area contributed by atoms with Gasteiger partial charge in [0.05, 0.1) is 25.6 Å². The van der Waals surface area contributed by atoms with Crippen molar-refractivity contribution in [2.45, 2.75) is 0 Å². The van der Waals surface area contributed by atoms with Gasteiger partial charge in [0, 0.05) is 27.3 Å². The summed E-state index contributed by atoms with van der Waals surface area (Å²) < 4.78 is 12.7. The van der Waals surface area contributed by atoms with Gasteiger partial charge in [0.15, 0.2) is 0 Å². The van der Waals surface area contributed by atoms with Crippen molar-refractivity contribution >= 4 is 27.2 Å². The Kier molecular flexibility index (Phi) is 4.30. The summed E-state index contributed by atoms with van der Waals surface area (Å²) in [4.78, 5) is 18.9. The molecule has 33 heavy (non-hydrogen) atoms. The lowest BCUT2D eigenvalue weighted by atomic mass is 10.0. The van der Waals surface area contributed by atoms with Crippen LogP contribution in [0.1, 0.15) is 0 Å². The van der Waals surface area contributed by atoms with Gasteiger partial charge < -0.3 is 9.47 Å². The zero-order chi connectivity index (χ0) is 22.5. The average molecular weight is 432 g/mol. The summed E-state index contributed by atoms with van der Waals surface area (Å²) in [7, 11) is 3.27. The van der Waals surface area contributed by atoms with Crippen molar-refractivity contribution < 1.29 is 9.47 Å². The van der Waals surface area contributed by atoms with Crippen molar-refractivity contribution in [2.75, 3.05) is 14.2 Å². The van der Waals surface area contributed by atoms with Gasteiger partial charge in [0.1, 0.15) is 17.1 Å². The van der Waals surface area contributed by atoms with Crippen molar-refractivity contribution in [2.24, 2.45) is 0 Å². The highest BCUT2D eigenvalue weighted by atomic mass is 16.5. The summed E-state index contributed by atoms with van der Waals surface area (Å²) in [6.45, 7) is 0. The number of hydrogen-bond acceptors (Lipinski definition) is 4. The molecule has 0 aliphatic carbocycles. The molecular weight excluding hydrogens is 412 g/mol. The summed E-state index contributed by atoms with van der Waals surface area (Å²) >= 11 is 0. The molecule has 0 amide bonds. The SMILES string of the molecule is COc1cccc(-c2nc3c4cccc5cccc(c(=O)n3c2-c2cccc(OC)c2)c54)c1. The smallest absolute Gasteiger partial charge is 0.264 e. The third kappa shape index (κ3) is 2.86. The average Bonchev–Trinajstić information content (AvgIpc) is 3.28. The van der Waals surface area contributed by atoms with Crippen LogP contribution in [0, 0.1) is 0 Å². The summed E-state index contributed by atoms with van der Waals surface area (Å²) in [6.07, 6.45) is 0. The maximum atomic E-state index is 13.9. The molecule has 0 radical (unpaired) electrons. The summed E-state index contributed by atoms with van der Waals surface area (Å²) in [6, 6.07) is 27.4. The van der Waals surface area contributed by atoms with Crippen molar-refractivity contribution in [3.05, 3.63) is 95.3 Å². The molecule has 0 saturated heterocycles. The van der Waals surface area contributed by atoms with Crippen molar-refractivity contribution in [3.63, 3.8) is 0 Å². The van der Waals surface area contributed by atoms with Crippen LogP contribution in [-0.2, 0) is 0 Å². The number of hydrogen-bond donors (Lipinski definition) is 0. The summed E-state index contributed by atoms with van der Waals surface area (Å²) in [5.41, 5.74) is 3.72. The van der Waals surface area contributed by atoms with Gasteiger partial charge in [0.25, 0.3) is 5.56 Å². The molecule has 0 N–H and O–H groups in total. The van der Waals surface area contributed by atoms with Crippen LogP contribution in [0.15, 0.2) is 89.7 Å². The highest BCUT2D eigenvalue weighted by molar-refractivity contribution is 6.15. The van der Waals surface area contributed by atoms with E-state index in [0.29, 0.717) is 16.8 Å². The van der Waals surface area contributed by atoms with E-state index < -0.39 is 0 Å². The van der Waals surface area contributed by atoms with Gasteiger partial charge in [0.2, 0.25) is 0 Å². The van der Waals surface area contributed by atoms with E-state index in [1.54, 1.807) is 18.6 Å². The maximum absolute atomic E-state index is 13.9. The lowest BCUT2D eigenvalue weighted by Crippen LogP contribution is -2.14. The Bertz CT molecular complexity index is 1710. The van der Waals surface area contributed by atoms with Gasteiger partial charge >= 0.3 is 0 Å². The molecule has 0 atom stereocenters. The van der Waals surface area contributed by atoms with Crippen molar-refractivity contribution in [1.29, 1.82) is 0 Å². The zero-order valence-electron chi connectivity index (χ0n) is 18.2. The fraction of sp³-hybridized carbons (Fsp3) is 0.0714. The Balaban J connectivity index is 1.83. The first kappa shape index (κ1) is 19.3. The van der Waals surface area contributed by atoms with Crippen LogP contribution in [0.4, 0.5) is 0 Å². The van der Waals surface area contributed by atoms with Gasteiger partial charge in [-0.1, -0.05) is 54.6 Å². The van der Waals surface area contributed by atoms with E-state index >= 15 is 0 Å². The number of rotatable bonds is 4. The predicted octanol–water partition coefficient (Wildman–Crippen LogP) is 5.79. The number of pyridine rings is 1. The number of ether oxygens (including phenoxy) is 2. The highest BCUT2D eigenvalue weighted by Crippen LogP contribution is 2.37. The van der Waals surface area contributed by atoms with Crippen LogP contribution in [0.25, 0.3) is 49.7 Å². The van der Waals surface area contributed by atoms with Gasteiger partial charge in [-0.25, -0.2) is 4.98 Å². The fourth-order valence-electron chi connectivity index (χ4n) is 4.63. The monoisotopic (exact) mass is 432 g/mol. The molecule has 5 heteroatoms. The first-order chi connectivity index (χ1) is 16.2. The van der Waals surface area contributed by atoms with Crippen molar-refractivity contribution in [3.8, 4) is 34.0 Å². The van der Waals surface area contributed by atoms with Gasteiger partial charge in [-0.15, -0.1) is 0 Å². The normalized spacial score (nSPS) is 11.5. The molecule has 6 rings (SSSR count). The van der Waals surface area contributed by atoms with E-state index in [-0.39, 0.29) is 5.56 Å². The van der Waals surface area contributed by atoms with E-state index in [1.807, 2.05) is 84.9 Å². The second kappa shape index (κ2) is 7.35. The minimum atomic E-state index is -0.0891. The third-order valence-corrected chi connectivity index (χ3v) is 6.14. The fourth-order valence-corrected chi connectivity index (χ4v) is 4.63. The number of fused-ring (bicyclic) bond motifs is 2. The molecule has 160 valence electrons. The van der Waals surface area contributed by atoms with E-state index in [4.69, 9.17) is 14.5 Å². The van der Waals surface area contributed by atoms with Crippen molar-refractivity contribution in [1.82, 2.24) is 9.38 Å². The Morgan fingerprint density at radius 2 is 1.33 bits per heavy atom. The van der Waals surface area contributed by atoms with Crippen LogP contribution in [0.5, 0.6) is 11.5 Å². The van der Waals surface area contributed by atoms with Crippen LogP contribution in [-0.4, -0.2) is 23.6 Å². The van der Waals surface area contributed by atoms with Gasteiger partial charge in [-0.2, -0.15) is 0 Å². The zero-order valence-corrected chi connectivity index (χ0v) is 18.2. The number of benzene rings is 4. The minimum absolute atomic E-state index is 0.0891. The minimum Gasteiger partial charge on any atom is -0.497 e. The molecule has 6 aromatic rings. The second-order valence-electron chi connectivity index (χ2n) is 7.95. The number of methoxy groups -OCH3 is 2. The first-order valence-electron chi connectivity index (χ1n) is 10.7. The molecule has 0 fully saturated rings. The molecule has 0 aliphatic heterocycles. The molecular formula is C28H20N2O3. The number of nitrogens with zero attached hydrogens (tertiary/aromatic N) is 2. The predicted molar refractivity (Wildman–Crippen MR) is 132 cm³/mol. The first-order valence-corrected chi connectivity index (χ1v) is 10.7. The summed E-state index contributed by atoms with van der Waals surface area (Å²) in [5.74, 6) is 1.44. The lowest BCUT2D eigenvalue weighted by molar-refractivity contribution is 0.415. The Labute approximate surface area is 189 Å². The molecule has 0 aliphatic rings. The van der Waals surface area contributed by atoms with E-state index in [2.05, 4.69) is 0 Å². The van der Waals surface area contributed by atoms with Crippen LogP contribution in [0.2, 0.25) is 0 Å². The number of aromatic nitrogens is 2. The largest absolute Gasteiger partial charge is 0.497 e. The molecule has 0 saturated carbocycles. The van der Waals surface area contributed by atoms with Crippen LogP contribution < -0.4 is 15.0 Å². The second-order valence-corrected chi connectivity index (χ2v) is 7.95. The molecule has 0 bridgehead atoms. The number of imidazole rings is 1. The summed E-state index contributed by atoms with van der Waals surface area (Å²) in [5, 5.41) is 3.59. The Morgan fingerprint density at radius 3 is 2.03 bits per heavy atom. The molecule has 2 heterocycles. The quantitative estimate of drug-likeness (QED) is 0.354. The molecule has 4 aromatic carbocycles. The van der Waals surface area contributed by atoms with Crippen LogP contribution in [0.3, 0.4) is 0 Å². The molecule has 2 aromatic heterocycles. The third-order valence-electron chi connectivity index (χ3n) is 6.14. The molecule has 0 unspecified atom stereocenters. The van der Waals surface area contributed by atoms with E-state index in [0.717, 1.165) is 44.4 Å². The van der Waals surface area contributed by atoms with Gasteiger partial charge in [-0.05, 0) is 35.7 Å². The van der Waals surface area contributed by atoms with Gasteiger partial charge in [-0.3, -0.25) is 9.20 Å². The lowest BCUT2D eigenvalue weighted by Gasteiger charge is -2.10. The topological polar surface area (TPSA) is 52.8 Å². The van der Waals surface area contributed by atoms with E-state index in [9.17, 15) is 4.79 Å². The van der Waals surface area contributed by atoms with E-state index in [1.165, 1.54) is 0 Å². The maximum Gasteiger partial charge on any atom is 0.264 e. The standard InChI is InChI=1S/C28H20N2O3/c1-32-20-11-3-9-18(15-20)25-26(19-10-4-12-21(16-19)33-2)30-27(29-25)22-13-5-7-17-8-6-14-23(24(17)22)28(30)31/h3-16H,1-2H3. The van der Waals surface area contributed by atoms with Crippen LogP contribution >= 0.6 is 0 Å². The Hall–Kier alpha value is -4.38.